The number of benzene rings is 2. The maximum absolute atomic E-state index is 12.8. The summed E-state index contributed by atoms with van der Waals surface area (Å²) in [5.74, 6) is -2.01. The number of amides is 6. The van der Waals surface area contributed by atoms with Gasteiger partial charge in [0.15, 0.2) is 0 Å². The Bertz CT molecular complexity index is 1630. The molecule has 0 aliphatic carbocycles. The quantitative estimate of drug-likeness (QED) is 0.0620. The summed E-state index contributed by atoms with van der Waals surface area (Å²) in [5.41, 5.74) is 1.33. The summed E-state index contributed by atoms with van der Waals surface area (Å²) in [5, 5.41) is 18.8. The van der Waals surface area contributed by atoms with Crippen LogP contribution in [0.2, 0.25) is 12.6 Å². The highest BCUT2D eigenvalue weighted by atomic mass is 16.5. The number of methoxy groups -OCH3 is 1. The van der Waals surface area contributed by atoms with Crippen molar-refractivity contribution in [2.24, 2.45) is 0 Å². The molecule has 346 valence electrons. The van der Waals surface area contributed by atoms with Gasteiger partial charge in [-0.15, -0.1) is 0 Å². The van der Waals surface area contributed by atoms with Crippen molar-refractivity contribution < 1.29 is 43.0 Å². The highest BCUT2D eigenvalue weighted by molar-refractivity contribution is 6.58. The van der Waals surface area contributed by atoms with Crippen molar-refractivity contribution in [3.8, 4) is 5.75 Å². The molecule has 0 saturated heterocycles. The van der Waals surface area contributed by atoms with E-state index in [1.165, 1.54) is 6.92 Å². The third kappa shape index (κ3) is 26.1. The van der Waals surface area contributed by atoms with Gasteiger partial charge in [-0.25, -0.2) is 0 Å². The zero-order valence-corrected chi connectivity index (χ0v) is 38.8. The van der Waals surface area contributed by atoms with Crippen LogP contribution in [0.1, 0.15) is 92.2 Å². The summed E-state index contributed by atoms with van der Waals surface area (Å²) in [6.45, 7) is 14.6. The predicted molar refractivity (Wildman–Crippen MR) is 245 cm³/mol. The minimum Gasteiger partial charge on any atom is -0.497 e. The third-order valence-corrected chi connectivity index (χ3v) is 9.20. The van der Waals surface area contributed by atoms with E-state index in [2.05, 4.69) is 37.1 Å². The Morgan fingerprint density at radius 3 is 1.92 bits per heavy atom. The van der Waals surface area contributed by atoms with Crippen LogP contribution in [-0.2, 0) is 51.1 Å². The van der Waals surface area contributed by atoms with E-state index in [1.807, 2.05) is 78.8 Å². The molecule has 0 bridgehead atoms. The maximum atomic E-state index is 12.8. The molecule has 2 aromatic rings. The average molecular weight is 868 g/mol. The number of hydrogen-bond acceptors (Lipinski definition) is 10. The molecule has 2 aromatic carbocycles. The second kappa shape index (κ2) is 33.4. The molecule has 0 saturated carbocycles. The molecule has 2 unspecified atom stereocenters. The molecule has 17 heteroatoms. The molecule has 2 rings (SSSR count). The van der Waals surface area contributed by atoms with Gasteiger partial charge in [0, 0.05) is 32.4 Å². The van der Waals surface area contributed by atoms with Crippen LogP contribution in [-0.4, -0.2) is 113 Å². The number of nitrogens with one attached hydrogen (secondary N) is 7. The smallest absolute Gasteiger partial charge is 0.256 e. The minimum atomic E-state index is -0.981. The first-order chi connectivity index (χ1) is 29.6. The van der Waals surface area contributed by atoms with Gasteiger partial charge < -0.3 is 46.6 Å². The van der Waals surface area contributed by atoms with Crippen LogP contribution in [0.15, 0.2) is 54.6 Å². The lowest BCUT2D eigenvalue weighted by Gasteiger charge is -2.26. The molecular formula is C45H74BN7O9. The number of carbonyl (C=O) groups excluding carboxylic acids is 7. The normalized spacial score (nSPS) is 11.4. The zero-order valence-electron chi connectivity index (χ0n) is 38.8. The Labute approximate surface area is 370 Å². The SMILES string of the molecule is CC.CC.CCB(CCOC(C)(C)CNC(=O)CCCc1ccc(OC)cc1)NC(=O)CCC(NC)C(=O)NCC(=O)NCC(=O)NC(Cc1ccccc1)C(=O)NCC(C)=O. The molecule has 0 fully saturated rings. The standard InChI is InChI=1S/C41H62BN7O9.2C2H6/c1-7-42(22-23-58-41(3,4)28-47-35(51)15-11-14-30-16-18-32(57-6)19-17-30)49-36(52)21-20-33(43-5)39(55)46-26-37(53)44-27-38(54)48-34(40(56)45-25-29(2)50)24-31-12-9-8-10-13-31;2*1-2/h8-10,12-13,16-19,33-34,43H,7,11,14-15,20-28H2,1-6H3,(H,44,53)(H,45,56)(H,46,55)(H,47,51)(H,48,54)(H,49,52);2*1-2H3. The summed E-state index contributed by atoms with van der Waals surface area (Å²) < 4.78 is 11.2. The van der Waals surface area contributed by atoms with Crippen molar-refractivity contribution >= 4 is 48.1 Å². The monoisotopic (exact) mass is 868 g/mol. The van der Waals surface area contributed by atoms with Crippen LogP contribution < -0.4 is 41.9 Å². The number of rotatable bonds is 28. The lowest BCUT2D eigenvalue weighted by Crippen LogP contribution is -2.52. The van der Waals surface area contributed by atoms with Gasteiger partial charge in [-0.1, -0.05) is 83.4 Å². The van der Waals surface area contributed by atoms with Crippen molar-refractivity contribution in [2.75, 3.05) is 46.9 Å². The molecule has 0 radical (unpaired) electrons. The maximum Gasteiger partial charge on any atom is 0.256 e. The highest BCUT2D eigenvalue weighted by Crippen LogP contribution is 2.14. The zero-order chi connectivity index (χ0) is 46.9. The van der Waals surface area contributed by atoms with Crippen molar-refractivity contribution in [2.45, 2.75) is 124 Å². The van der Waals surface area contributed by atoms with E-state index in [-0.39, 0.29) is 50.3 Å². The van der Waals surface area contributed by atoms with Gasteiger partial charge >= 0.3 is 0 Å². The molecule has 0 heterocycles. The highest BCUT2D eigenvalue weighted by Gasteiger charge is 2.25. The molecule has 2 atom stereocenters. The van der Waals surface area contributed by atoms with E-state index in [0.717, 1.165) is 29.7 Å². The molecule has 62 heavy (non-hydrogen) atoms. The first-order valence-electron chi connectivity index (χ1n) is 21.8. The van der Waals surface area contributed by atoms with Crippen LogP contribution in [0.3, 0.4) is 0 Å². The predicted octanol–water partition coefficient (Wildman–Crippen LogP) is 3.14. The van der Waals surface area contributed by atoms with E-state index in [4.69, 9.17) is 9.47 Å². The van der Waals surface area contributed by atoms with Gasteiger partial charge in [-0.05, 0) is 76.7 Å². The number of Topliss-reactive ketones (excluding diaryl/α,β-unsaturated/α-hetero) is 1. The van der Waals surface area contributed by atoms with Crippen LogP contribution in [0.4, 0.5) is 0 Å². The second-order valence-electron chi connectivity index (χ2n) is 14.7. The lowest BCUT2D eigenvalue weighted by atomic mass is 9.57. The van der Waals surface area contributed by atoms with Crippen LogP contribution in [0.5, 0.6) is 5.75 Å². The van der Waals surface area contributed by atoms with E-state index in [0.29, 0.717) is 32.2 Å². The first kappa shape index (κ1) is 56.7. The van der Waals surface area contributed by atoms with Crippen molar-refractivity contribution in [3.63, 3.8) is 0 Å². The third-order valence-electron chi connectivity index (χ3n) is 9.20. The number of likely N-dealkylation sites (N-methyl/N-ethyl adjacent to an activating group) is 1. The summed E-state index contributed by atoms with van der Waals surface area (Å²) in [4.78, 5) is 87.1. The fraction of sp³-hybridized carbons (Fsp3) is 0.578. The Morgan fingerprint density at radius 2 is 1.32 bits per heavy atom. The molecule has 0 spiro atoms. The molecule has 0 aliphatic rings. The number of hydrogen-bond donors (Lipinski definition) is 7. The summed E-state index contributed by atoms with van der Waals surface area (Å²) in [6.07, 6.45) is 3.56. The fourth-order valence-electron chi connectivity index (χ4n) is 5.70. The Hall–Kier alpha value is -5.29. The lowest BCUT2D eigenvalue weighted by molar-refractivity contribution is -0.131. The minimum absolute atomic E-state index is 0.0406. The largest absolute Gasteiger partial charge is 0.497 e. The van der Waals surface area contributed by atoms with Gasteiger partial charge in [0.1, 0.15) is 17.6 Å². The van der Waals surface area contributed by atoms with Crippen molar-refractivity contribution in [1.82, 2.24) is 37.1 Å². The van der Waals surface area contributed by atoms with E-state index in [9.17, 15) is 33.6 Å². The average Bonchev–Trinajstić information content (AvgIpc) is 3.27. The number of ketones is 1. The summed E-state index contributed by atoms with van der Waals surface area (Å²) in [6, 6.07) is 15.1. The second-order valence-corrected chi connectivity index (χ2v) is 14.7. The van der Waals surface area contributed by atoms with E-state index < -0.39 is 54.4 Å². The summed E-state index contributed by atoms with van der Waals surface area (Å²) in [7, 11) is 3.20. The van der Waals surface area contributed by atoms with Crippen LogP contribution in [0, 0.1) is 0 Å². The van der Waals surface area contributed by atoms with Crippen molar-refractivity contribution in [1.29, 1.82) is 0 Å². The Morgan fingerprint density at radius 1 is 0.710 bits per heavy atom. The topological polar surface area (TPSA) is 222 Å². The molecule has 16 nitrogen and oxygen atoms in total. The Balaban J connectivity index is 0.00000902. The Kier molecular flexibility index (Phi) is 30.5. The van der Waals surface area contributed by atoms with Gasteiger partial charge in [0.05, 0.1) is 38.4 Å². The van der Waals surface area contributed by atoms with Gasteiger partial charge in [-0.3, -0.25) is 33.6 Å². The van der Waals surface area contributed by atoms with Gasteiger partial charge in [0.2, 0.25) is 35.4 Å². The molecule has 6 amide bonds. The summed E-state index contributed by atoms with van der Waals surface area (Å²) >= 11 is 0. The number of ether oxygens (including phenoxy) is 2. The molecular weight excluding hydrogens is 793 g/mol. The van der Waals surface area contributed by atoms with Crippen LogP contribution in [0.25, 0.3) is 0 Å². The molecule has 0 aliphatic heterocycles. The first-order valence-corrected chi connectivity index (χ1v) is 21.8. The van der Waals surface area contributed by atoms with Crippen LogP contribution >= 0.6 is 0 Å². The van der Waals surface area contributed by atoms with E-state index >= 15 is 0 Å². The van der Waals surface area contributed by atoms with E-state index in [1.54, 1.807) is 38.4 Å². The van der Waals surface area contributed by atoms with Gasteiger partial charge in [0.25, 0.3) is 6.85 Å². The molecule has 0 aromatic heterocycles. The van der Waals surface area contributed by atoms with Crippen molar-refractivity contribution in [3.05, 3.63) is 65.7 Å². The number of carbonyl (C=O) groups is 7. The number of aryl methyl sites for hydroxylation is 1. The fourth-order valence-corrected chi connectivity index (χ4v) is 5.70. The molecule has 7 N–H and O–H groups in total. The van der Waals surface area contributed by atoms with Gasteiger partial charge in [-0.2, -0.15) is 0 Å².